The molecule has 0 bridgehead atoms. The number of anilines is 1. The Morgan fingerprint density at radius 3 is 2.64 bits per heavy atom. The topological polar surface area (TPSA) is 75.2 Å². The van der Waals surface area contributed by atoms with Gasteiger partial charge in [0.15, 0.2) is 0 Å². The molecule has 2 aromatic carbocycles. The summed E-state index contributed by atoms with van der Waals surface area (Å²) in [4.78, 5) is 0. The van der Waals surface area contributed by atoms with Crippen molar-refractivity contribution in [3.8, 4) is 28.4 Å². The van der Waals surface area contributed by atoms with E-state index in [9.17, 15) is 0 Å². The first-order valence-electron chi connectivity index (χ1n) is 6.72. The number of rotatable bonds is 4. The number of benzene rings is 2. The van der Waals surface area contributed by atoms with Gasteiger partial charge < -0.3 is 15.2 Å². The second-order valence-corrected chi connectivity index (χ2v) is 4.71. The summed E-state index contributed by atoms with van der Waals surface area (Å²) >= 11 is 0. The highest BCUT2D eigenvalue weighted by Gasteiger charge is 2.08. The molecule has 0 saturated heterocycles. The summed E-state index contributed by atoms with van der Waals surface area (Å²) in [6.07, 6.45) is 1.84. The van der Waals surface area contributed by atoms with Crippen LogP contribution in [0.5, 0.6) is 11.5 Å². The Morgan fingerprint density at radius 2 is 1.91 bits per heavy atom. The van der Waals surface area contributed by atoms with E-state index in [1.54, 1.807) is 31.0 Å². The van der Waals surface area contributed by atoms with Crippen molar-refractivity contribution in [3.05, 3.63) is 48.7 Å². The first-order chi connectivity index (χ1) is 10.7. The molecule has 0 aliphatic carbocycles. The third-order valence-electron chi connectivity index (χ3n) is 3.34. The average Bonchev–Trinajstić information content (AvgIpc) is 3.05. The summed E-state index contributed by atoms with van der Waals surface area (Å²) in [6.45, 7) is 0. The monoisotopic (exact) mass is 296 g/mol. The smallest absolute Gasteiger partial charge is 0.141 e. The Kier molecular flexibility index (Phi) is 3.65. The molecule has 0 radical (unpaired) electrons. The van der Waals surface area contributed by atoms with Crippen LogP contribution in [0, 0.1) is 0 Å². The van der Waals surface area contributed by atoms with Crippen molar-refractivity contribution in [2.45, 2.75) is 0 Å². The highest BCUT2D eigenvalue weighted by molar-refractivity contribution is 5.62. The second kappa shape index (κ2) is 5.77. The van der Waals surface area contributed by atoms with Crippen molar-refractivity contribution in [2.24, 2.45) is 0 Å². The van der Waals surface area contributed by atoms with Crippen LogP contribution in [0.4, 0.5) is 5.69 Å². The molecule has 0 aliphatic rings. The molecule has 0 spiro atoms. The lowest BCUT2D eigenvalue weighted by atomic mass is 10.1. The SMILES string of the molecule is COc1cccc(-c2cn(-c3ccc(OC)c(N)c3)nn2)c1. The number of hydrogen-bond donors (Lipinski definition) is 1. The molecule has 112 valence electrons. The van der Waals surface area contributed by atoms with Gasteiger partial charge in [-0.2, -0.15) is 0 Å². The van der Waals surface area contributed by atoms with Gasteiger partial charge in [0, 0.05) is 5.56 Å². The molecular weight excluding hydrogens is 280 g/mol. The maximum atomic E-state index is 5.92. The van der Waals surface area contributed by atoms with Crippen molar-refractivity contribution in [1.82, 2.24) is 15.0 Å². The Hall–Kier alpha value is -3.02. The largest absolute Gasteiger partial charge is 0.497 e. The lowest BCUT2D eigenvalue weighted by Crippen LogP contribution is -1.98. The maximum absolute atomic E-state index is 5.92. The van der Waals surface area contributed by atoms with Gasteiger partial charge >= 0.3 is 0 Å². The number of nitrogens with two attached hydrogens (primary N) is 1. The predicted octanol–water partition coefficient (Wildman–Crippen LogP) is 2.53. The van der Waals surface area contributed by atoms with E-state index in [0.717, 1.165) is 22.7 Å². The first-order valence-corrected chi connectivity index (χ1v) is 6.72. The number of aromatic nitrogens is 3. The molecule has 0 aliphatic heterocycles. The maximum Gasteiger partial charge on any atom is 0.141 e. The number of hydrogen-bond acceptors (Lipinski definition) is 5. The summed E-state index contributed by atoms with van der Waals surface area (Å²) < 4.78 is 12.0. The van der Waals surface area contributed by atoms with Crippen LogP contribution in [0.1, 0.15) is 0 Å². The molecule has 1 aromatic heterocycles. The van der Waals surface area contributed by atoms with E-state index in [0.29, 0.717) is 11.4 Å². The van der Waals surface area contributed by atoms with E-state index < -0.39 is 0 Å². The lowest BCUT2D eigenvalue weighted by Gasteiger charge is -2.06. The van der Waals surface area contributed by atoms with E-state index in [1.807, 2.05) is 36.5 Å². The lowest BCUT2D eigenvalue weighted by molar-refractivity contribution is 0.415. The van der Waals surface area contributed by atoms with Gasteiger partial charge in [-0.05, 0) is 30.3 Å². The van der Waals surface area contributed by atoms with E-state index in [1.165, 1.54) is 0 Å². The highest BCUT2D eigenvalue weighted by Crippen LogP contribution is 2.25. The molecule has 1 heterocycles. The minimum absolute atomic E-state index is 0.554. The zero-order valence-corrected chi connectivity index (χ0v) is 12.4. The number of ether oxygens (including phenoxy) is 2. The molecule has 6 nitrogen and oxygen atoms in total. The van der Waals surface area contributed by atoms with Crippen LogP contribution in [0.15, 0.2) is 48.7 Å². The quantitative estimate of drug-likeness (QED) is 0.749. The van der Waals surface area contributed by atoms with Gasteiger partial charge in [-0.3, -0.25) is 0 Å². The molecule has 22 heavy (non-hydrogen) atoms. The summed E-state index contributed by atoms with van der Waals surface area (Å²) in [5.74, 6) is 1.41. The molecule has 0 saturated carbocycles. The summed E-state index contributed by atoms with van der Waals surface area (Å²) in [6, 6.07) is 13.1. The molecule has 0 amide bonds. The van der Waals surface area contributed by atoms with Crippen LogP contribution in [0.3, 0.4) is 0 Å². The minimum atomic E-state index is 0.554. The summed E-state index contributed by atoms with van der Waals surface area (Å²) in [5, 5.41) is 8.34. The fourth-order valence-corrected chi connectivity index (χ4v) is 2.17. The Labute approximate surface area is 128 Å². The third kappa shape index (κ3) is 2.58. The van der Waals surface area contributed by atoms with Crippen molar-refractivity contribution < 1.29 is 9.47 Å². The van der Waals surface area contributed by atoms with Crippen LogP contribution >= 0.6 is 0 Å². The predicted molar refractivity (Wildman–Crippen MR) is 84.3 cm³/mol. The van der Waals surface area contributed by atoms with Crippen molar-refractivity contribution in [3.63, 3.8) is 0 Å². The van der Waals surface area contributed by atoms with Gasteiger partial charge in [-0.25, -0.2) is 4.68 Å². The van der Waals surface area contributed by atoms with Crippen LogP contribution in [0.2, 0.25) is 0 Å². The standard InChI is InChI=1S/C16H16N4O2/c1-21-13-5-3-4-11(8-13)15-10-20(19-18-15)12-6-7-16(22-2)14(17)9-12/h3-10H,17H2,1-2H3. The van der Waals surface area contributed by atoms with Gasteiger partial charge in [0.1, 0.15) is 17.2 Å². The van der Waals surface area contributed by atoms with Crippen LogP contribution in [0.25, 0.3) is 16.9 Å². The molecule has 3 rings (SSSR count). The number of methoxy groups -OCH3 is 2. The molecule has 0 unspecified atom stereocenters. The van der Waals surface area contributed by atoms with E-state index in [4.69, 9.17) is 15.2 Å². The van der Waals surface area contributed by atoms with Crippen LogP contribution in [-0.2, 0) is 0 Å². The van der Waals surface area contributed by atoms with Crippen molar-refractivity contribution in [1.29, 1.82) is 0 Å². The molecular formula is C16H16N4O2. The van der Waals surface area contributed by atoms with E-state index >= 15 is 0 Å². The molecule has 3 aromatic rings. The molecule has 6 heteroatoms. The van der Waals surface area contributed by atoms with Gasteiger partial charge in [0.05, 0.1) is 31.8 Å². The fourth-order valence-electron chi connectivity index (χ4n) is 2.17. The average molecular weight is 296 g/mol. The van der Waals surface area contributed by atoms with E-state index in [2.05, 4.69) is 10.3 Å². The highest BCUT2D eigenvalue weighted by atomic mass is 16.5. The zero-order chi connectivity index (χ0) is 15.5. The van der Waals surface area contributed by atoms with E-state index in [-0.39, 0.29) is 0 Å². The molecule has 0 atom stereocenters. The normalized spacial score (nSPS) is 10.5. The Bertz CT molecular complexity index is 798. The molecule has 0 fully saturated rings. The molecule has 2 N–H and O–H groups in total. The number of nitrogen functional groups attached to an aromatic ring is 1. The Balaban J connectivity index is 1.94. The third-order valence-corrected chi connectivity index (χ3v) is 3.34. The second-order valence-electron chi connectivity index (χ2n) is 4.71. The van der Waals surface area contributed by atoms with Crippen molar-refractivity contribution >= 4 is 5.69 Å². The fraction of sp³-hybridized carbons (Fsp3) is 0.125. The zero-order valence-electron chi connectivity index (χ0n) is 12.4. The van der Waals surface area contributed by atoms with Gasteiger partial charge in [0.2, 0.25) is 0 Å². The minimum Gasteiger partial charge on any atom is -0.497 e. The summed E-state index contributed by atoms with van der Waals surface area (Å²) in [7, 11) is 3.22. The van der Waals surface area contributed by atoms with Gasteiger partial charge in [-0.15, -0.1) is 5.10 Å². The summed E-state index contributed by atoms with van der Waals surface area (Å²) in [5.41, 5.74) is 8.99. The first kappa shape index (κ1) is 13.9. The van der Waals surface area contributed by atoms with Crippen LogP contribution in [-0.4, -0.2) is 29.2 Å². The van der Waals surface area contributed by atoms with Crippen molar-refractivity contribution in [2.75, 3.05) is 20.0 Å². The van der Waals surface area contributed by atoms with Gasteiger partial charge in [-0.1, -0.05) is 17.3 Å². The Morgan fingerprint density at radius 1 is 1.05 bits per heavy atom. The van der Waals surface area contributed by atoms with Gasteiger partial charge in [0.25, 0.3) is 0 Å². The van der Waals surface area contributed by atoms with Crippen LogP contribution < -0.4 is 15.2 Å². The number of nitrogens with zero attached hydrogens (tertiary/aromatic N) is 3.